The van der Waals surface area contributed by atoms with Crippen LogP contribution in [0.4, 0.5) is 11.4 Å². The quantitative estimate of drug-likeness (QED) is 0.668. The first kappa shape index (κ1) is 18.4. The highest BCUT2D eigenvalue weighted by molar-refractivity contribution is 6.05. The minimum absolute atomic E-state index is 0.159. The van der Waals surface area contributed by atoms with Crippen LogP contribution in [0, 0.1) is 0 Å². The van der Waals surface area contributed by atoms with Gasteiger partial charge in [-0.05, 0) is 30.7 Å². The molecule has 0 fully saturated rings. The van der Waals surface area contributed by atoms with E-state index in [1.807, 2.05) is 30.3 Å². The van der Waals surface area contributed by atoms with Crippen LogP contribution in [-0.2, 0) is 19.1 Å². The molecule has 27 heavy (non-hydrogen) atoms. The SMILES string of the molecule is C[C@@H]1CC(=O)Nc2ccccc2N1C(=O)COC(=O)/C=C/c1ccccc1. The van der Waals surface area contributed by atoms with Gasteiger partial charge in [0.1, 0.15) is 0 Å². The Morgan fingerprint density at radius 3 is 2.63 bits per heavy atom. The minimum Gasteiger partial charge on any atom is -0.452 e. The van der Waals surface area contributed by atoms with Crippen LogP contribution in [0.15, 0.2) is 60.7 Å². The molecule has 0 bridgehead atoms. The highest BCUT2D eigenvalue weighted by atomic mass is 16.5. The van der Waals surface area contributed by atoms with Gasteiger partial charge in [-0.25, -0.2) is 4.79 Å². The Kier molecular flexibility index (Phi) is 5.66. The standard InChI is InChI=1S/C21H20N2O4/c1-15-13-19(24)22-17-9-5-6-10-18(17)23(15)20(25)14-27-21(26)12-11-16-7-3-2-4-8-16/h2-12,15H,13-14H2,1H3,(H,22,24)/b12-11+/t15-/m1/s1. The number of carbonyl (C=O) groups excluding carboxylic acids is 3. The van der Waals surface area contributed by atoms with Crippen LogP contribution in [0.3, 0.4) is 0 Å². The molecule has 3 rings (SSSR count). The molecule has 6 heteroatoms. The second-order valence-electron chi connectivity index (χ2n) is 6.23. The number of amides is 2. The predicted molar refractivity (Wildman–Crippen MR) is 103 cm³/mol. The van der Waals surface area contributed by atoms with Crippen LogP contribution in [0.1, 0.15) is 18.9 Å². The second-order valence-corrected chi connectivity index (χ2v) is 6.23. The third-order valence-corrected chi connectivity index (χ3v) is 4.18. The Hall–Kier alpha value is -3.41. The van der Waals surface area contributed by atoms with Gasteiger partial charge >= 0.3 is 5.97 Å². The molecule has 2 amide bonds. The zero-order chi connectivity index (χ0) is 19.2. The maximum atomic E-state index is 12.7. The summed E-state index contributed by atoms with van der Waals surface area (Å²) in [6.45, 7) is 1.39. The monoisotopic (exact) mass is 364 g/mol. The van der Waals surface area contributed by atoms with Crippen molar-refractivity contribution in [1.29, 1.82) is 0 Å². The average Bonchev–Trinajstić information content (AvgIpc) is 2.79. The molecule has 0 spiro atoms. The number of hydrogen-bond donors (Lipinski definition) is 1. The van der Waals surface area contributed by atoms with Gasteiger partial charge in [-0.3, -0.25) is 9.59 Å². The lowest BCUT2D eigenvalue weighted by molar-refractivity contribution is -0.143. The number of hydrogen-bond acceptors (Lipinski definition) is 4. The molecule has 0 unspecified atom stereocenters. The molecule has 0 aliphatic carbocycles. The van der Waals surface area contributed by atoms with Crippen LogP contribution in [0.5, 0.6) is 0 Å². The largest absolute Gasteiger partial charge is 0.452 e. The molecule has 0 aromatic heterocycles. The fraction of sp³-hybridized carbons (Fsp3) is 0.190. The maximum Gasteiger partial charge on any atom is 0.331 e. The smallest absolute Gasteiger partial charge is 0.331 e. The molecule has 6 nitrogen and oxygen atoms in total. The minimum atomic E-state index is -0.600. The van der Waals surface area contributed by atoms with Crippen molar-refractivity contribution >= 4 is 35.2 Å². The number of benzene rings is 2. The van der Waals surface area contributed by atoms with Crippen LogP contribution in [0.25, 0.3) is 6.08 Å². The summed E-state index contributed by atoms with van der Waals surface area (Å²) in [7, 11) is 0. The summed E-state index contributed by atoms with van der Waals surface area (Å²) in [6, 6.07) is 16.0. The zero-order valence-corrected chi connectivity index (χ0v) is 14.9. The molecule has 1 aliphatic rings. The van der Waals surface area contributed by atoms with E-state index in [4.69, 9.17) is 4.74 Å². The third-order valence-electron chi connectivity index (χ3n) is 4.18. The van der Waals surface area contributed by atoms with E-state index in [0.29, 0.717) is 11.4 Å². The number of para-hydroxylation sites is 2. The third kappa shape index (κ3) is 4.61. The summed E-state index contributed by atoms with van der Waals surface area (Å²) >= 11 is 0. The summed E-state index contributed by atoms with van der Waals surface area (Å²) in [6.07, 6.45) is 3.08. The zero-order valence-electron chi connectivity index (χ0n) is 14.9. The van der Waals surface area contributed by atoms with Crippen LogP contribution in [0.2, 0.25) is 0 Å². The van der Waals surface area contributed by atoms with E-state index in [2.05, 4.69) is 5.32 Å². The van der Waals surface area contributed by atoms with Crippen LogP contribution < -0.4 is 10.2 Å². The van der Waals surface area contributed by atoms with Gasteiger partial charge in [0, 0.05) is 18.5 Å². The van der Waals surface area contributed by atoms with E-state index >= 15 is 0 Å². The predicted octanol–water partition coefficient (Wildman–Crippen LogP) is 3.01. The molecule has 1 aliphatic heterocycles. The summed E-state index contributed by atoms with van der Waals surface area (Å²) in [4.78, 5) is 38.1. The molecule has 0 saturated carbocycles. The number of carbonyl (C=O) groups is 3. The summed E-state index contributed by atoms with van der Waals surface area (Å²) in [5.41, 5.74) is 2.02. The van der Waals surface area contributed by atoms with Gasteiger partial charge in [0.05, 0.1) is 11.4 Å². The molecule has 1 atom stereocenters. The molecule has 0 radical (unpaired) electrons. The first-order valence-corrected chi connectivity index (χ1v) is 8.65. The Morgan fingerprint density at radius 2 is 1.85 bits per heavy atom. The molecular weight excluding hydrogens is 344 g/mol. The fourth-order valence-corrected chi connectivity index (χ4v) is 2.95. The summed E-state index contributed by atoms with van der Waals surface area (Å²) in [5, 5.41) is 2.79. The van der Waals surface area contributed by atoms with E-state index in [0.717, 1.165) is 5.56 Å². The lowest BCUT2D eigenvalue weighted by Gasteiger charge is -2.27. The van der Waals surface area contributed by atoms with Crippen LogP contribution >= 0.6 is 0 Å². The topological polar surface area (TPSA) is 75.7 Å². The van der Waals surface area contributed by atoms with Crippen molar-refractivity contribution in [3.63, 3.8) is 0 Å². The second kappa shape index (κ2) is 8.31. The highest BCUT2D eigenvalue weighted by Gasteiger charge is 2.29. The lowest BCUT2D eigenvalue weighted by Crippen LogP contribution is -2.41. The number of ether oxygens (including phenoxy) is 1. The lowest BCUT2D eigenvalue weighted by atomic mass is 10.1. The summed E-state index contributed by atoms with van der Waals surface area (Å²) < 4.78 is 5.09. The van der Waals surface area contributed by atoms with Gasteiger partial charge in [0.25, 0.3) is 5.91 Å². The number of esters is 1. The average molecular weight is 364 g/mol. The van der Waals surface area contributed by atoms with E-state index in [1.165, 1.54) is 11.0 Å². The van der Waals surface area contributed by atoms with Gasteiger partial charge in [-0.15, -0.1) is 0 Å². The van der Waals surface area contributed by atoms with Gasteiger partial charge in [-0.1, -0.05) is 42.5 Å². The molecule has 1 heterocycles. The number of nitrogens with zero attached hydrogens (tertiary/aromatic N) is 1. The van der Waals surface area contributed by atoms with Crippen molar-refractivity contribution in [2.45, 2.75) is 19.4 Å². The number of fused-ring (bicyclic) bond motifs is 1. The molecular formula is C21H20N2O4. The first-order valence-electron chi connectivity index (χ1n) is 8.65. The number of rotatable bonds is 4. The normalized spacial score (nSPS) is 16.4. The van der Waals surface area contributed by atoms with Crippen molar-refractivity contribution in [3.8, 4) is 0 Å². The Labute approximate surface area is 157 Å². The Balaban J connectivity index is 1.67. The number of anilines is 2. The summed E-state index contributed by atoms with van der Waals surface area (Å²) in [5.74, 6) is -1.14. The van der Waals surface area contributed by atoms with Crippen molar-refractivity contribution < 1.29 is 19.1 Å². The number of nitrogens with one attached hydrogen (secondary N) is 1. The first-order chi connectivity index (χ1) is 13.0. The van der Waals surface area contributed by atoms with E-state index in [1.54, 1.807) is 37.3 Å². The van der Waals surface area contributed by atoms with E-state index < -0.39 is 12.6 Å². The fourth-order valence-electron chi connectivity index (χ4n) is 2.95. The molecule has 0 saturated heterocycles. The molecule has 2 aromatic carbocycles. The van der Waals surface area contributed by atoms with Crippen molar-refractivity contribution in [2.24, 2.45) is 0 Å². The van der Waals surface area contributed by atoms with Crippen molar-refractivity contribution in [2.75, 3.05) is 16.8 Å². The van der Waals surface area contributed by atoms with Gasteiger partial charge in [-0.2, -0.15) is 0 Å². The molecule has 1 N–H and O–H groups in total. The van der Waals surface area contributed by atoms with Crippen molar-refractivity contribution in [3.05, 3.63) is 66.2 Å². The van der Waals surface area contributed by atoms with Crippen LogP contribution in [-0.4, -0.2) is 30.4 Å². The Morgan fingerprint density at radius 1 is 1.15 bits per heavy atom. The maximum absolute atomic E-state index is 12.7. The van der Waals surface area contributed by atoms with Gasteiger partial charge < -0.3 is 15.0 Å². The van der Waals surface area contributed by atoms with Gasteiger partial charge in [0.15, 0.2) is 6.61 Å². The molecule has 138 valence electrons. The van der Waals surface area contributed by atoms with E-state index in [9.17, 15) is 14.4 Å². The van der Waals surface area contributed by atoms with Crippen molar-refractivity contribution in [1.82, 2.24) is 0 Å². The van der Waals surface area contributed by atoms with Gasteiger partial charge in [0.2, 0.25) is 5.91 Å². The van der Waals surface area contributed by atoms with E-state index in [-0.39, 0.29) is 24.3 Å². The highest BCUT2D eigenvalue weighted by Crippen LogP contribution is 2.31. The molecule has 2 aromatic rings. The Bertz CT molecular complexity index is 877.